The molecule has 4 aromatic rings. The fraction of sp³-hybridized carbons (Fsp3) is 0.0952. The largest absolute Gasteiger partial charge is 0.504 e. The van der Waals surface area contributed by atoms with Crippen molar-refractivity contribution in [3.8, 4) is 40.1 Å². The minimum absolute atomic E-state index is 0.0168. The molecule has 0 amide bonds. The molecule has 3 N–H and O–H groups in total. The quantitative estimate of drug-likeness (QED) is 0.319. The summed E-state index contributed by atoms with van der Waals surface area (Å²) in [6.07, 6.45) is 0. The van der Waals surface area contributed by atoms with E-state index in [4.69, 9.17) is 4.42 Å². The molecule has 0 bridgehead atoms. The van der Waals surface area contributed by atoms with Crippen LogP contribution in [0.3, 0.4) is 0 Å². The number of hydrogen-bond acceptors (Lipinski definition) is 8. The number of phenolic OH excluding ortho intramolecular Hbond substituents is 2. The van der Waals surface area contributed by atoms with Gasteiger partial charge >= 0.3 is 5.97 Å². The summed E-state index contributed by atoms with van der Waals surface area (Å²) in [7, 11) is 0. The standard InChI is InChI=1S/C21H16N4O6/c1-10-3-4-11(2)25(10)16-9-12(5-6-13(16)21(28)29)19-22-23-20(31-19)14-7-8-15(24-30)18(27)17(14)26/h3-9,26-27H,1-2H3,(H,28,29). The van der Waals surface area contributed by atoms with Gasteiger partial charge in [0.15, 0.2) is 17.2 Å². The molecule has 2 aromatic carbocycles. The van der Waals surface area contributed by atoms with E-state index in [0.717, 1.165) is 11.4 Å². The van der Waals surface area contributed by atoms with Gasteiger partial charge in [0.1, 0.15) is 0 Å². The third-order valence-corrected chi connectivity index (χ3v) is 4.87. The van der Waals surface area contributed by atoms with Gasteiger partial charge in [0.2, 0.25) is 5.89 Å². The number of benzene rings is 2. The number of carbonyl (C=O) groups is 1. The van der Waals surface area contributed by atoms with Gasteiger partial charge in [-0.05, 0) is 61.5 Å². The van der Waals surface area contributed by atoms with E-state index in [0.29, 0.717) is 11.3 Å². The van der Waals surface area contributed by atoms with Gasteiger partial charge in [-0.25, -0.2) is 4.79 Å². The molecule has 2 aromatic heterocycles. The highest BCUT2D eigenvalue weighted by Gasteiger charge is 2.21. The maximum absolute atomic E-state index is 11.8. The number of aromatic carboxylic acids is 1. The number of hydrogen-bond donors (Lipinski definition) is 3. The molecule has 0 aliphatic rings. The Kier molecular flexibility index (Phi) is 4.74. The number of phenols is 2. The van der Waals surface area contributed by atoms with E-state index in [-0.39, 0.29) is 28.6 Å². The van der Waals surface area contributed by atoms with Crippen LogP contribution in [0.1, 0.15) is 21.7 Å². The molecule has 0 aliphatic carbocycles. The van der Waals surface area contributed by atoms with Crippen LogP contribution in [0.4, 0.5) is 5.69 Å². The molecule has 0 atom stereocenters. The van der Waals surface area contributed by atoms with Crippen LogP contribution in [0.15, 0.2) is 52.1 Å². The van der Waals surface area contributed by atoms with E-state index in [9.17, 15) is 25.0 Å². The number of aromatic hydroxyl groups is 2. The summed E-state index contributed by atoms with van der Waals surface area (Å²) >= 11 is 0. The summed E-state index contributed by atoms with van der Waals surface area (Å²) in [5, 5.41) is 40.1. The smallest absolute Gasteiger partial charge is 0.337 e. The average Bonchev–Trinajstić information content (AvgIpc) is 3.36. The summed E-state index contributed by atoms with van der Waals surface area (Å²) in [6, 6.07) is 10.9. The Labute approximate surface area is 175 Å². The SMILES string of the molecule is Cc1ccc(C)n1-c1cc(-c2nnc(-c3ccc(N=O)c(O)c3O)o2)ccc1C(=O)O. The lowest BCUT2D eigenvalue weighted by Gasteiger charge is -2.13. The van der Waals surface area contributed by atoms with Crippen LogP contribution in [0.25, 0.3) is 28.6 Å². The minimum atomic E-state index is -1.08. The monoisotopic (exact) mass is 420 g/mol. The Morgan fingerprint density at radius 1 is 0.968 bits per heavy atom. The molecule has 0 saturated carbocycles. The highest BCUT2D eigenvalue weighted by Crippen LogP contribution is 2.42. The van der Waals surface area contributed by atoms with E-state index in [1.165, 1.54) is 24.3 Å². The van der Waals surface area contributed by atoms with E-state index in [1.54, 1.807) is 10.6 Å². The summed E-state index contributed by atoms with van der Waals surface area (Å²) in [6.45, 7) is 3.73. The zero-order valence-corrected chi connectivity index (χ0v) is 16.4. The molecule has 10 heteroatoms. The number of nitroso groups, excluding NO2 is 1. The van der Waals surface area contributed by atoms with Crippen molar-refractivity contribution in [1.29, 1.82) is 0 Å². The second-order valence-corrected chi connectivity index (χ2v) is 6.82. The molecule has 4 rings (SSSR count). The van der Waals surface area contributed by atoms with Crippen molar-refractivity contribution < 1.29 is 24.5 Å². The Bertz CT molecular complexity index is 1320. The Balaban J connectivity index is 1.82. The zero-order chi connectivity index (χ0) is 22.3. The molecule has 0 unspecified atom stereocenters. The number of rotatable bonds is 5. The fourth-order valence-corrected chi connectivity index (χ4v) is 3.34. The first kappa shape index (κ1) is 19.8. The molecule has 0 fully saturated rings. The number of nitrogens with zero attached hydrogens (tertiary/aromatic N) is 4. The van der Waals surface area contributed by atoms with Gasteiger partial charge < -0.3 is 24.3 Å². The van der Waals surface area contributed by atoms with Crippen LogP contribution in [-0.4, -0.2) is 36.1 Å². The summed E-state index contributed by atoms with van der Waals surface area (Å²) in [5.74, 6) is -2.42. The Morgan fingerprint density at radius 2 is 1.65 bits per heavy atom. The van der Waals surface area contributed by atoms with E-state index in [1.807, 2.05) is 26.0 Å². The molecule has 156 valence electrons. The fourth-order valence-electron chi connectivity index (χ4n) is 3.34. The van der Waals surface area contributed by atoms with Gasteiger partial charge in [0, 0.05) is 17.0 Å². The maximum Gasteiger partial charge on any atom is 0.337 e. The molecular weight excluding hydrogens is 404 g/mol. The highest BCUT2D eigenvalue weighted by molar-refractivity contribution is 5.93. The van der Waals surface area contributed by atoms with Gasteiger partial charge in [0.05, 0.1) is 16.8 Å². The summed E-state index contributed by atoms with van der Waals surface area (Å²) < 4.78 is 7.44. The van der Waals surface area contributed by atoms with E-state index in [2.05, 4.69) is 15.4 Å². The molecule has 0 radical (unpaired) electrons. The molecule has 2 heterocycles. The van der Waals surface area contributed by atoms with Crippen LogP contribution in [0, 0.1) is 18.8 Å². The van der Waals surface area contributed by atoms with Crippen molar-refractivity contribution in [2.45, 2.75) is 13.8 Å². The number of aryl methyl sites for hydroxylation is 2. The second kappa shape index (κ2) is 7.41. The number of aromatic nitrogens is 3. The normalized spacial score (nSPS) is 10.9. The number of carboxylic acid groups (broad SMARTS) is 1. The van der Waals surface area contributed by atoms with Crippen LogP contribution < -0.4 is 0 Å². The first-order chi connectivity index (χ1) is 14.8. The molecule has 0 aliphatic heterocycles. The van der Waals surface area contributed by atoms with Crippen molar-refractivity contribution in [3.05, 3.63) is 64.3 Å². The maximum atomic E-state index is 11.8. The van der Waals surface area contributed by atoms with Crippen molar-refractivity contribution >= 4 is 11.7 Å². The zero-order valence-electron chi connectivity index (χ0n) is 16.4. The molecule has 10 nitrogen and oxygen atoms in total. The van der Waals surface area contributed by atoms with E-state index >= 15 is 0 Å². The van der Waals surface area contributed by atoms with Crippen LogP contribution >= 0.6 is 0 Å². The third kappa shape index (κ3) is 3.29. The van der Waals surface area contributed by atoms with Gasteiger partial charge in [0.25, 0.3) is 5.89 Å². The van der Waals surface area contributed by atoms with Gasteiger partial charge in [-0.2, -0.15) is 0 Å². The highest BCUT2D eigenvalue weighted by atomic mass is 16.4. The van der Waals surface area contributed by atoms with Crippen molar-refractivity contribution in [3.63, 3.8) is 0 Å². The van der Waals surface area contributed by atoms with Gasteiger partial charge in [-0.3, -0.25) is 0 Å². The van der Waals surface area contributed by atoms with E-state index < -0.39 is 17.5 Å². The predicted octanol–water partition coefficient (Wildman–Crippen LogP) is 4.32. The van der Waals surface area contributed by atoms with Gasteiger partial charge in [-0.15, -0.1) is 15.1 Å². The van der Waals surface area contributed by atoms with Crippen molar-refractivity contribution in [2.75, 3.05) is 0 Å². The lowest BCUT2D eigenvalue weighted by molar-refractivity contribution is 0.0697. The Morgan fingerprint density at radius 3 is 2.29 bits per heavy atom. The molecule has 0 saturated heterocycles. The summed E-state index contributed by atoms with van der Waals surface area (Å²) in [4.78, 5) is 22.4. The first-order valence-electron chi connectivity index (χ1n) is 9.07. The lowest BCUT2D eigenvalue weighted by atomic mass is 10.1. The van der Waals surface area contributed by atoms with Crippen LogP contribution in [0.2, 0.25) is 0 Å². The summed E-state index contributed by atoms with van der Waals surface area (Å²) in [5.41, 5.74) is 2.40. The van der Waals surface area contributed by atoms with Crippen LogP contribution in [-0.2, 0) is 0 Å². The predicted molar refractivity (Wildman–Crippen MR) is 110 cm³/mol. The molecular formula is C21H16N4O6. The third-order valence-electron chi connectivity index (χ3n) is 4.87. The van der Waals surface area contributed by atoms with Gasteiger partial charge in [-0.1, -0.05) is 0 Å². The topological polar surface area (TPSA) is 151 Å². The minimum Gasteiger partial charge on any atom is -0.504 e. The molecule has 0 spiro atoms. The lowest BCUT2D eigenvalue weighted by Crippen LogP contribution is -2.08. The number of carboxylic acids is 1. The van der Waals surface area contributed by atoms with Crippen molar-refractivity contribution in [1.82, 2.24) is 14.8 Å². The first-order valence-corrected chi connectivity index (χ1v) is 9.07. The second-order valence-electron chi connectivity index (χ2n) is 6.82. The van der Waals surface area contributed by atoms with Crippen molar-refractivity contribution in [2.24, 2.45) is 5.18 Å². The Hall–Kier alpha value is -4.47. The average molecular weight is 420 g/mol. The molecule has 31 heavy (non-hydrogen) atoms. The van der Waals surface area contributed by atoms with Crippen LogP contribution in [0.5, 0.6) is 11.5 Å².